The second-order valence-corrected chi connectivity index (χ2v) is 12.4. The number of fused-ring (bicyclic) bond motifs is 5. The van der Waals surface area contributed by atoms with E-state index in [-0.39, 0.29) is 0 Å². The quantitative estimate of drug-likeness (QED) is 0.473. The van der Waals surface area contributed by atoms with E-state index in [1.54, 1.807) is 0 Å². The van der Waals surface area contributed by atoms with E-state index in [1.807, 2.05) is 0 Å². The molecule has 0 aromatic rings. The molecular weight excluding hydrogens is 340 g/mol. The zero-order chi connectivity index (χ0) is 20.1. The molecule has 4 fully saturated rings. The van der Waals surface area contributed by atoms with Crippen LogP contribution in [0.2, 0.25) is 0 Å². The summed E-state index contributed by atoms with van der Waals surface area (Å²) in [5, 5.41) is 0. The highest BCUT2D eigenvalue weighted by molar-refractivity contribution is 5.79. The van der Waals surface area contributed by atoms with Gasteiger partial charge in [-0.3, -0.25) is 4.79 Å². The number of ketones is 1. The highest BCUT2D eigenvalue weighted by Crippen LogP contribution is 2.68. The average Bonchev–Trinajstić information content (AvgIpc) is 2.99. The minimum Gasteiger partial charge on any atom is -0.300 e. The first-order chi connectivity index (χ1) is 13.3. The van der Waals surface area contributed by atoms with Crippen molar-refractivity contribution in [3.8, 4) is 0 Å². The molecule has 4 saturated carbocycles. The Labute approximate surface area is 174 Å². The van der Waals surface area contributed by atoms with Gasteiger partial charge in [-0.2, -0.15) is 0 Å². The van der Waals surface area contributed by atoms with E-state index in [0.717, 1.165) is 48.3 Å². The lowest BCUT2D eigenvalue weighted by Crippen LogP contribution is -2.53. The van der Waals surface area contributed by atoms with Crippen molar-refractivity contribution in [3.63, 3.8) is 0 Å². The van der Waals surface area contributed by atoms with Gasteiger partial charge in [0.2, 0.25) is 0 Å². The third kappa shape index (κ3) is 3.41. The van der Waals surface area contributed by atoms with Gasteiger partial charge in [-0.25, -0.2) is 0 Å². The summed E-state index contributed by atoms with van der Waals surface area (Å²) in [6, 6.07) is 0. The fourth-order valence-electron chi connectivity index (χ4n) is 9.07. The van der Waals surface area contributed by atoms with Crippen molar-refractivity contribution in [1.29, 1.82) is 0 Å². The van der Waals surface area contributed by atoms with Crippen LogP contribution in [-0.4, -0.2) is 5.78 Å². The Balaban J connectivity index is 1.47. The van der Waals surface area contributed by atoms with E-state index in [2.05, 4.69) is 34.6 Å². The van der Waals surface area contributed by atoms with Crippen molar-refractivity contribution >= 4 is 5.78 Å². The molecular formula is C27H46O. The molecule has 0 radical (unpaired) electrons. The summed E-state index contributed by atoms with van der Waals surface area (Å²) in [6.07, 6.45) is 15.9. The van der Waals surface area contributed by atoms with Crippen molar-refractivity contribution in [3.05, 3.63) is 0 Å². The Morgan fingerprint density at radius 2 is 1.64 bits per heavy atom. The van der Waals surface area contributed by atoms with Gasteiger partial charge < -0.3 is 0 Å². The van der Waals surface area contributed by atoms with Gasteiger partial charge in [0.25, 0.3) is 0 Å². The fourth-order valence-corrected chi connectivity index (χ4v) is 9.07. The molecule has 28 heavy (non-hydrogen) atoms. The number of carbonyl (C=O) groups excluding carboxylic acids is 1. The lowest BCUT2D eigenvalue weighted by Gasteiger charge is -2.60. The molecule has 0 heterocycles. The molecule has 4 rings (SSSR count). The van der Waals surface area contributed by atoms with Crippen LogP contribution in [0.1, 0.15) is 112 Å². The van der Waals surface area contributed by atoms with E-state index < -0.39 is 0 Å². The molecule has 0 N–H and O–H groups in total. The van der Waals surface area contributed by atoms with Crippen LogP contribution in [0.15, 0.2) is 0 Å². The molecule has 1 heteroatoms. The summed E-state index contributed by atoms with van der Waals surface area (Å²) in [4.78, 5) is 12.1. The standard InChI is InChI=1S/C27H46O/c1-18(2)7-6-8-19(3)23-11-12-24-22-10-9-20-17-21(28)13-15-26(20,4)25(22)14-16-27(23,24)5/h18-20,22-25H,6-17H2,1-5H3/t19-,20?,22+,23-,24?,25?,26+,27-/m1/s1. The molecule has 8 atom stereocenters. The van der Waals surface area contributed by atoms with Crippen molar-refractivity contribution in [2.75, 3.05) is 0 Å². The fraction of sp³-hybridized carbons (Fsp3) is 0.963. The Morgan fingerprint density at radius 3 is 2.39 bits per heavy atom. The number of hydrogen-bond acceptors (Lipinski definition) is 1. The third-order valence-electron chi connectivity index (χ3n) is 10.7. The highest BCUT2D eigenvalue weighted by Gasteiger charge is 2.60. The van der Waals surface area contributed by atoms with Gasteiger partial charge in [0.05, 0.1) is 0 Å². The van der Waals surface area contributed by atoms with Crippen LogP contribution in [0, 0.1) is 52.3 Å². The van der Waals surface area contributed by atoms with Crippen LogP contribution in [0.4, 0.5) is 0 Å². The van der Waals surface area contributed by atoms with Crippen molar-refractivity contribution < 1.29 is 4.79 Å². The first-order valence-electron chi connectivity index (χ1n) is 12.8. The van der Waals surface area contributed by atoms with E-state index in [9.17, 15) is 4.79 Å². The molecule has 3 unspecified atom stereocenters. The molecule has 0 amide bonds. The van der Waals surface area contributed by atoms with Gasteiger partial charge >= 0.3 is 0 Å². The zero-order valence-corrected chi connectivity index (χ0v) is 19.4. The first kappa shape index (κ1) is 20.9. The minimum absolute atomic E-state index is 0.471. The number of rotatable bonds is 5. The van der Waals surface area contributed by atoms with Crippen molar-refractivity contribution in [1.82, 2.24) is 0 Å². The monoisotopic (exact) mass is 386 g/mol. The molecule has 160 valence electrons. The largest absolute Gasteiger partial charge is 0.300 e. The van der Waals surface area contributed by atoms with E-state index in [0.29, 0.717) is 22.5 Å². The van der Waals surface area contributed by atoms with Crippen LogP contribution in [-0.2, 0) is 4.79 Å². The van der Waals surface area contributed by atoms with Gasteiger partial charge in [0.15, 0.2) is 0 Å². The van der Waals surface area contributed by atoms with E-state index >= 15 is 0 Å². The summed E-state index contributed by atoms with van der Waals surface area (Å²) in [5.41, 5.74) is 1.07. The predicted molar refractivity (Wildman–Crippen MR) is 118 cm³/mol. The van der Waals surface area contributed by atoms with Gasteiger partial charge in [-0.05, 0) is 97.2 Å². The summed E-state index contributed by atoms with van der Waals surface area (Å²) in [7, 11) is 0. The molecule has 4 aliphatic carbocycles. The molecule has 1 nitrogen and oxygen atoms in total. The number of hydrogen-bond donors (Lipinski definition) is 0. The van der Waals surface area contributed by atoms with Gasteiger partial charge in [-0.15, -0.1) is 0 Å². The first-order valence-corrected chi connectivity index (χ1v) is 12.8. The van der Waals surface area contributed by atoms with Crippen molar-refractivity contribution in [2.24, 2.45) is 52.3 Å². The maximum atomic E-state index is 12.1. The van der Waals surface area contributed by atoms with Crippen LogP contribution >= 0.6 is 0 Å². The summed E-state index contributed by atoms with van der Waals surface area (Å²) >= 11 is 0. The molecule has 0 saturated heterocycles. The molecule has 0 bridgehead atoms. The lowest BCUT2D eigenvalue weighted by molar-refractivity contribution is -0.140. The maximum Gasteiger partial charge on any atom is 0.133 e. The molecule has 0 spiro atoms. The molecule has 0 aromatic heterocycles. The highest BCUT2D eigenvalue weighted by atomic mass is 16.1. The zero-order valence-electron chi connectivity index (χ0n) is 19.4. The number of carbonyl (C=O) groups is 1. The minimum atomic E-state index is 0.471. The van der Waals surface area contributed by atoms with Crippen LogP contribution < -0.4 is 0 Å². The van der Waals surface area contributed by atoms with Gasteiger partial charge in [-0.1, -0.05) is 53.9 Å². The van der Waals surface area contributed by atoms with E-state index in [4.69, 9.17) is 0 Å². The maximum absolute atomic E-state index is 12.1. The van der Waals surface area contributed by atoms with Crippen molar-refractivity contribution in [2.45, 2.75) is 112 Å². The summed E-state index contributed by atoms with van der Waals surface area (Å²) in [6.45, 7) is 12.6. The second-order valence-electron chi connectivity index (χ2n) is 12.4. The van der Waals surface area contributed by atoms with Crippen LogP contribution in [0.25, 0.3) is 0 Å². The summed E-state index contributed by atoms with van der Waals surface area (Å²) in [5.74, 6) is 6.82. The number of Topliss-reactive ketones (excluding diaryl/α,β-unsaturated/α-hetero) is 1. The van der Waals surface area contributed by atoms with Gasteiger partial charge in [0, 0.05) is 12.8 Å². The normalized spacial score (nSPS) is 46.8. The third-order valence-corrected chi connectivity index (χ3v) is 10.7. The SMILES string of the molecule is CC(C)CCC[C@@H](C)[C@H]1CCC2[C@@H]3CCC4CC(=O)CC[C@]4(C)C3CC[C@@]21C. The Morgan fingerprint density at radius 1 is 0.893 bits per heavy atom. The topological polar surface area (TPSA) is 17.1 Å². The second kappa shape index (κ2) is 7.73. The van der Waals surface area contributed by atoms with Crippen LogP contribution in [0.3, 0.4) is 0 Å². The molecule has 0 aliphatic heterocycles. The lowest BCUT2D eigenvalue weighted by atomic mass is 9.44. The summed E-state index contributed by atoms with van der Waals surface area (Å²) < 4.78 is 0. The Kier molecular flexibility index (Phi) is 5.78. The van der Waals surface area contributed by atoms with Crippen LogP contribution in [0.5, 0.6) is 0 Å². The van der Waals surface area contributed by atoms with Gasteiger partial charge in [0.1, 0.15) is 5.78 Å². The Bertz CT molecular complexity index is 579. The molecule has 4 aliphatic rings. The predicted octanol–water partition coefficient (Wildman–Crippen LogP) is 7.68. The smallest absolute Gasteiger partial charge is 0.133 e. The molecule has 0 aromatic carbocycles. The Hall–Kier alpha value is -0.330. The average molecular weight is 387 g/mol. The van der Waals surface area contributed by atoms with E-state index in [1.165, 1.54) is 64.2 Å².